The Balaban J connectivity index is 2.44. The zero-order valence-electron chi connectivity index (χ0n) is 13.3. The molecule has 0 aromatic heterocycles. The standard InChI is InChI=1S/C17H25F2N/c1-7-20-14(15-16(3,4)17(15,5)6)11-9-8-10(2)12(18)13(11)19/h8-9,14-15,20H,7H2,1-6H3. The van der Waals surface area contributed by atoms with Crippen LogP contribution in [0.3, 0.4) is 0 Å². The summed E-state index contributed by atoms with van der Waals surface area (Å²) >= 11 is 0. The summed E-state index contributed by atoms with van der Waals surface area (Å²) in [6.07, 6.45) is 0. The third-order valence-corrected chi connectivity index (χ3v) is 5.53. The topological polar surface area (TPSA) is 12.0 Å². The summed E-state index contributed by atoms with van der Waals surface area (Å²) in [5.41, 5.74) is 1.05. The van der Waals surface area contributed by atoms with Crippen LogP contribution in [-0.2, 0) is 0 Å². The van der Waals surface area contributed by atoms with E-state index in [4.69, 9.17) is 0 Å². The van der Waals surface area contributed by atoms with Gasteiger partial charge in [0.15, 0.2) is 11.6 Å². The van der Waals surface area contributed by atoms with Gasteiger partial charge in [-0.3, -0.25) is 0 Å². The second-order valence-corrected chi connectivity index (χ2v) is 7.06. The molecule has 0 bridgehead atoms. The molecule has 1 nitrogen and oxygen atoms in total. The Morgan fingerprint density at radius 3 is 2.10 bits per heavy atom. The van der Waals surface area contributed by atoms with Crippen molar-refractivity contribution in [2.75, 3.05) is 6.54 Å². The normalized spacial score (nSPS) is 21.8. The van der Waals surface area contributed by atoms with Gasteiger partial charge in [0, 0.05) is 11.6 Å². The van der Waals surface area contributed by atoms with Crippen molar-refractivity contribution in [1.29, 1.82) is 0 Å². The minimum Gasteiger partial charge on any atom is -0.310 e. The number of benzene rings is 1. The van der Waals surface area contributed by atoms with E-state index in [1.54, 1.807) is 19.1 Å². The van der Waals surface area contributed by atoms with Gasteiger partial charge in [0.1, 0.15) is 0 Å². The summed E-state index contributed by atoms with van der Waals surface area (Å²) < 4.78 is 28.2. The molecule has 2 rings (SSSR count). The van der Waals surface area contributed by atoms with Crippen LogP contribution in [0, 0.1) is 35.3 Å². The lowest BCUT2D eigenvalue weighted by Crippen LogP contribution is -2.26. The maximum Gasteiger partial charge on any atom is 0.163 e. The molecule has 112 valence electrons. The second-order valence-electron chi connectivity index (χ2n) is 7.06. The third-order valence-electron chi connectivity index (χ3n) is 5.53. The first kappa shape index (κ1) is 15.4. The van der Waals surface area contributed by atoms with Crippen LogP contribution in [0.1, 0.15) is 51.8 Å². The van der Waals surface area contributed by atoms with Crippen molar-refractivity contribution in [3.05, 3.63) is 34.9 Å². The van der Waals surface area contributed by atoms with E-state index in [1.807, 2.05) is 6.92 Å². The van der Waals surface area contributed by atoms with E-state index in [2.05, 4.69) is 33.0 Å². The van der Waals surface area contributed by atoms with Gasteiger partial charge in [0.25, 0.3) is 0 Å². The molecule has 20 heavy (non-hydrogen) atoms. The molecule has 1 aromatic rings. The number of nitrogens with one attached hydrogen (secondary N) is 1. The summed E-state index contributed by atoms with van der Waals surface area (Å²) in [5.74, 6) is -1.12. The van der Waals surface area contributed by atoms with Crippen LogP contribution >= 0.6 is 0 Å². The Morgan fingerprint density at radius 2 is 1.65 bits per heavy atom. The number of aryl methyl sites for hydroxylation is 1. The number of hydrogen-bond acceptors (Lipinski definition) is 1. The van der Waals surface area contributed by atoms with Crippen molar-refractivity contribution in [1.82, 2.24) is 5.32 Å². The maximum absolute atomic E-state index is 14.3. The van der Waals surface area contributed by atoms with Gasteiger partial charge in [-0.25, -0.2) is 8.78 Å². The Labute approximate surface area is 120 Å². The molecule has 0 heterocycles. The second kappa shape index (κ2) is 4.80. The summed E-state index contributed by atoms with van der Waals surface area (Å²) in [6.45, 7) is 13.1. The largest absolute Gasteiger partial charge is 0.310 e. The summed E-state index contributed by atoms with van der Waals surface area (Å²) in [7, 11) is 0. The molecule has 0 aliphatic heterocycles. The molecular weight excluding hydrogens is 256 g/mol. The molecule has 3 heteroatoms. The van der Waals surface area contributed by atoms with Crippen molar-refractivity contribution >= 4 is 0 Å². The van der Waals surface area contributed by atoms with Gasteiger partial charge in [-0.05, 0) is 35.8 Å². The van der Waals surface area contributed by atoms with Crippen LogP contribution < -0.4 is 5.32 Å². The summed E-state index contributed by atoms with van der Waals surface area (Å²) in [4.78, 5) is 0. The average molecular weight is 281 g/mol. The van der Waals surface area contributed by atoms with Gasteiger partial charge >= 0.3 is 0 Å². The van der Waals surface area contributed by atoms with Crippen LogP contribution in [-0.4, -0.2) is 6.54 Å². The van der Waals surface area contributed by atoms with Gasteiger partial charge in [-0.1, -0.05) is 46.8 Å². The smallest absolute Gasteiger partial charge is 0.163 e. The summed E-state index contributed by atoms with van der Waals surface area (Å²) in [5, 5.41) is 3.35. The SMILES string of the molecule is CCNC(c1ccc(C)c(F)c1F)C1C(C)(C)C1(C)C. The van der Waals surface area contributed by atoms with Crippen LogP contribution in [0.25, 0.3) is 0 Å². The molecule has 1 saturated carbocycles. The van der Waals surface area contributed by atoms with Crippen molar-refractivity contribution in [3.8, 4) is 0 Å². The molecule has 1 unspecified atom stereocenters. The molecule has 0 saturated heterocycles. The zero-order chi connectivity index (χ0) is 15.3. The molecule has 1 aliphatic carbocycles. The first-order valence-corrected chi connectivity index (χ1v) is 7.34. The Kier molecular flexibility index (Phi) is 3.70. The molecule has 0 amide bonds. The van der Waals surface area contributed by atoms with Gasteiger partial charge < -0.3 is 5.32 Å². The molecule has 1 N–H and O–H groups in total. The first-order chi connectivity index (χ1) is 9.16. The molecule has 1 aromatic carbocycles. The van der Waals surface area contributed by atoms with E-state index in [0.29, 0.717) is 17.0 Å². The van der Waals surface area contributed by atoms with Crippen LogP contribution in [0.15, 0.2) is 12.1 Å². The Bertz CT molecular complexity index is 506. The van der Waals surface area contributed by atoms with Crippen molar-refractivity contribution in [2.24, 2.45) is 16.7 Å². The minimum absolute atomic E-state index is 0.119. The molecule has 1 aliphatic rings. The third kappa shape index (κ3) is 2.07. The fraction of sp³-hybridized carbons (Fsp3) is 0.647. The van der Waals surface area contributed by atoms with E-state index >= 15 is 0 Å². The molecule has 1 atom stereocenters. The fourth-order valence-electron chi connectivity index (χ4n) is 3.61. The maximum atomic E-state index is 14.3. The van der Waals surface area contributed by atoms with Gasteiger partial charge in [0.05, 0.1) is 0 Å². The highest BCUT2D eigenvalue weighted by Gasteiger charge is 2.67. The van der Waals surface area contributed by atoms with Gasteiger partial charge in [-0.15, -0.1) is 0 Å². The van der Waals surface area contributed by atoms with Crippen molar-refractivity contribution in [2.45, 2.75) is 47.6 Å². The average Bonchev–Trinajstić information content (AvgIpc) is 2.75. The van der Waals surface area contributed by atoms with Crippen LogP contribution in [0.4, 0.5) is 8.78 Å². The summed E-state index contributed by atoms with van der Waals surface area (Å²) in [6, 6.07) is 3.26. The van der Waals surface area contributed by atoms with Gasteiger partial charge in [0.2, 0.25) is 0 Å². The predicted molar refractivity (Wildman–Crippen MR) is 78.6 cm³/mol. The van der Waals surface area contributed by atoms with E-state index in [-0.39, 0.29) is 16.9 Å². The Hall–Kier alpha value is -0.960. The predicted octanol–water partition coefficient (Wildman–Crippen LogP) is 4.61. The highest BCUT2D eigenvalue weighted by atomic mass is 19.2. The Morgan fingerprint density at radius 1 is 1.10 bits per heavy atom. The number of halogens is 2. The minimum atomic E-state index is -0.721. The van der Waals surface area contributed by atoms with Crippen molar-refractivity contribution in [3.63, 3.8) is 0 Å². The van der Waals surface area contributed by atoms with Crippen LogP contribution in [0.2, 0.25) is 0 Å². The van der Waals surface area contributed by atoms with Gasteiger partial charge in [-0.2, -0.15) is 0 Å². The lowest BCUT2D eigenvalue weighted by atomic mass is 9.95. The van der Waals surface area contributed by atoms with E-state index in [9.17, 15) is 8.78 Å². The first-order valence-electron chi connectivity index (χ1n) is 7.34. The number of hydrogen-bond donors (Lipinski definition) is 1. The van der Waals surface area contributed by atoms with E-state index in [0.717, 1.165) is 6.54 Å². The van der Waals surface area contributed by atoms with E-state index in [1.165, 1.54) is 0 Å². The number of rotatable bonds is 4. The molecule has 1 fully saturated rings. The monoisotopic (exact) mass is 281 g/mol. The highest BCUT2D eigenvalue weighted by molar-refractivity contribution is 5.32. The lowest BCUT2D eigenvalue weighted by Gasteiger charge is -2.22. The molecular formula is C17H25F2N. The lowest BCUT2D eigenvalue weighted by molar-refractivity contribution is 0.392. The van der Waals surface area contributed by atoms with Crippen LogP contribution in [0.5, 0.6) is 0 Å². The molecule has 0 spiro atoms. The van der Waals surface area contributed by atoms with E-state index < -0.39 is 11.6 Å². The molecule has 0 radical (unpaired) electrons. The highest BCUT2D eigenvalue weighted by Crippen LogP contribution is 2.72. The van der Waals surface area contributed by atoms with Crippen molar-refractivity contribution < 1.29 is 8.78 Å². The quantitative estimate of drug-likeness (QED) is 0.850. The fourth-order valence-corrected chi connectivity index (χ4v) is 3.61. The zero-order valence-corrected chi connectivity index (χ0v) is 13.3.